The Hall–Kier alpha value is -0.620. The molecule has 5 nitrogen and oxygen atoms in total. The molecule has 0 spiro atoms. The van der Waals surface area contributed by atoms with Crippen LogP contribution < -0.4 is 0 Å². The molecule has 0 atom stereocenters. The summed E-state index contributed by atoms with van der Waals surface area (Å²) in [5.41, 5.74) is 0. The normalized spacial score (nSPS) is 11.2. The molecule has 72 valence electrons. The SMILES string of the molecule is COS(=O)(=O)CCN(C)C(C)=O. The van der Waals surface area contributed by atoms with Crippen LogP contribution in [-0.4, -0.2) is 45.7 Å². The van der Waals surface area contributed by atoms with Crippen molar-refractivity contribution in [3.05, 3.63) is 0 Å². The zero-order valence-electron chi connectivity index (χ0n) is 7.40. The summed E-state index contributed by atoms with van der Waals surface area (Å²) in [5, 5.41) is 0. The van der Waals surface area contributed by atoms with Crippen LogP contribution in [-0.2, 0) is 19.1 Å². The minimum absolute atomic E-state index is 0.158. The first-order valence-corrected chi connectivity index (χ1v) is 4.97. The lowest BCUT2D eigenvalue weighted by atomic mass is 10.5. The van der Waals surface area contributed by atoms with E-state index in [0.717, 1.165) is 7.11 Å². The van der Waals surface area contributed by atoms with Crippen LogP contribution in [0.15, 0.2) is 0 Å². The highest BCUT2D eigenvalue weighted by molar-refractivity contribution is 7.86. The molecule has 0 saturated carbocycles. The van der Waals surface area contributed by atoms with Crippen LogP contribution in [0.5, 0.6) is 0 Å². The molecule has 0 aromatic rings. The molecule has 0 aliphatic rings. The van der Waals surface area contributed by atoms with Crippen LogP contribution in [0.2, 0.25) is 0 Å². The Morgan fingerprint density at radius 2 is 2.00 bits per heavy atom. The van der Waals surface area contributed by atoms with Gasteiger partial charge >= 0.3 is 0 Å². The van der Waals surface area contributed by atoms with Crippen molar-refractivity contribution in [1.82, 2.24) is 4.90 Å². The average Bonchev–Trinajstić information content (AvgIpc) is 2.00. The molecule has 0 rings (SSSR count). The van der Waals surface area contributed by atoms with E-state index in [4.69, 9.17) is 0 Å². The van der Waals surface area contributed by atoms with E-state index in [1.807, 2.05) is 0 Å². The van der Waals surface area contributed by atoms with Gasteiger partial charge < -0.3 is 4.90 Å². The highest BCUT2D eigenvalue weighted by Crippen LogP contribution is 1.92. The lowest BCUT2D eigenvalue weighted by Gasteiger charge is -2.13. The Morgan fingerprint density at radius 3 is 2.33 bits per heavy atom. The van der Waals surface area contributed by atoms with E-state index >= 15 is 0 Å². The van der Waals surface area contributed by atoms with Gasteiger partial charge in [-0.15, -0.1) is 0 Å². The molecule has 1 amide bonds. The Morgan fingerprint density at radius 1 is 1.50 bits per heavy atom. The number of carbonyl (C=O) groups excluding carboxylic acids is 1. The summed E-state index contributed by atoms with van der Waals surface area (Å²) in [6.45, 7) is 1.53. The van der Waals surface area contributed by atoms with Gasteiger partial charge in [-0.3, -0.25) is 8.98 Å². The summed E-state index contributed by atoms with van der Waals surface area (Å²) in [6, 6.07) is 0. The van der Waals surface area contributed by atoms with Gasteiger partial charge in [-0.25, -0.2) is 0 Å². The van der Waals surface area contributed by atoms with Gasteiger partial charge in [0.15, 0.2) is 0 Å². The van der Waals surface area contributed by atoms with Crippen molar-refractivity contribution in [2.75, 3.05) is 26.5 Å². The van der Waals surface area contributed by atoms with E-state index in [-0.39, 0.29) is 18.2 Å². The second-order valence-corrected chi connectivity index (χ2v) is 4.23. The predicted molar refractivity (Wildman–Crippen MR) is 44.1 cm³/mol. The minimum atomic E-state index is -3.44. The molecule has 6 heteroatoms. The molecule has 0 aromatic heterocycles. The van der Waals surface area contributed by atoms with Gasteiger partial charge in [-0.2, -0.15) is 8.42 Å². The van der Waals surface area contributed by atoms with E-state index < -0.39 is 10.1 Å². The number of amides is 1. The largest absolute Gasteiger partial charge is 0.345 e. The van der Waals surface area contributed by atoms with Gasteiger partial charge in [-0.1, -0.05) is 0 Å². The van der Waals surface area contributed by atoms with E-state index in [0.29, 0.717) is 0 Å². The van der Waals surface area contributed by atoms with Crippen molar-refractivity contribution in [3.8, 4) is 0 Å². The molecule has 12 heavy (non-hydrogen) atoms. The smallest absolute Gasteiger partial charge is 0.268 e. The van der Waals surface area contributed by atoms with Crippen LogP contribution in [0.3, 0.4) is 0 Å². The van der Waals surface area contributed by atoms with Crippen molar-refractivity contribution in [2.24, 2.45) is 0 Å². The minimum Gasteiger partial charge on any atom is -0.345 e. The third kappa shape index (κ3) is 4.30. The predicted octanol–water partition coefficient (Wildman–Crippen LogP) is -0.559. The highest BCUT2D eigenvalue weighted by Gasteiger charge is 2.11. The molecule has 0 fully saturated rings. The summed E-state index contributed by atoms with van der Waals surface area (Å²) < 4.78 is 25.7. The van der Waals surface area contributed by atoms with E-state index in [9.17, 15) is 13.2 Å². The van der Waals surface area contributed by atoms with Crippen LogP contribution >= 0.6 is 0 Å². The molecule has 0 bridgehead atoms. The molecule has 0 radical (unpaired) electrons. The Kier molecular flexibility index (Phi) is 4.19. The third-order valence-corrected chi connectivity index (χ3v) is 2.66. The molecule has 0 heterocycles. The lowest BCUT2D eigenvalue weighted by Crippen LogP contribution is -2.29. The van der Waals surface area contributed by atoms with Crippen molar-refractivity contribution in [1.29, 1.82) is 0 Å². The van der Waals surface area contributed by atoms with Crippen LogP contribution in [0.1, 0.15) is 6.92 Å². The fourth-order valence-corrected chi connectivity index (χ4v) is 1.15. The maximum atomic E-state index is 10.8. The molecule has 0 aliphatic carbocycles. The molecule has 0 saturated heterocycles. The number of nitrogens with zero attached hydrogens (tertiary/aromatic N) is 1. The topological polar surface area (TPSA) is 63.7 Å². The first-order chi connectivity index (χ1) is 5.39. The van der Waals surface area contributed by atoms with Crippen LogP contribution in [0, 0.1) is 0 Å². The maximum absolute atomic E-state index is 10.8. The number of hydrogen-bond acceptors (Lipinski definition) is 4. The quantitative estimate of drug-likeness (QED) is 0.564. The van der Waals surface area contributed by atoms with E-state index in [1.165, 1.54) is 18.9 Å². The van der Waals surface area contributed by atoms with Crippen molar-refractivity contribution in [2.45, 2.75) is 6.92 Å². The van der Waals surface area contributed by atoms with Crippen molar-refractivity contribution in [3.63, 3.8) is 0 Å². The van der Waals surface area contributed by atoms with E-state index in [1.54, 1.807) is 0 Å². The zero-order chi connectivity index (χ0) is 9.78. The Bertz CT molecular complexity index is 246. The number of rotatable bonds is 4. The molecule has 0 aromatic carbocycles. The summed E-state index contributed by atoms with van der Waals surface area (Å²) in [5.74, 6) is -0.333. The van der Waals surface area contributed by atoms with Crippen LogP contribution in [0.25, 0.3) is 0 Å². The average molecular weight is 195 g/mol. The standard InChI is InChI=1S/C6H13NO4S/c1-6(8)7(2)4-5-12(9,10)11-3/h4-5H2,1-3H3. The third-order valence-electron chi connectivity index (χ3n) is 1.47. The molecule has 0 unspecified atom stereocenters. The lowest BCUT2D eigenvalue weighted by molar-refractivity contribution is -0.127. The van der Waals surface area contributed by atoms with Crippen molar-refractivity contribution < 1.29 is 17.4 Å². The Balaban J connectivity index is 3.92. The fraction of sp³-hybridized carbons (Fsp3) is 0.833. The summed E-state index contributed by atoms with van der Waals surface area (Å²) in [4.78, 5) is 12.0. The first-order valence-electron chi connectivity index (χ1n) is 3.39. The highest BCUT2D eigenvalue weighted by atomic mass is 32.2. The summed E-state index contributed by atoms with van der Waals surface area (Å²) in [6.07, 6.45) is 0. The van der Waals surface area contributed by atoms with E-state index in [2.05, 4.69) is 4.18 Å². The zero-order valence-corrected chi connectivity index (χ0v) is 8.22. The van der Waals surface area contributed by atoms with Crippen LogP contribution in [0.4, 0.5) is 0 Å². The van der Waals surface area contributed by atoms with Gasteiger partial charge in [0, 0.05) is 20.5 Å². The summed E-state index contributed by atoms with van der Waals surface area (Å²) in [7, 11) is -0.806. The molecule has 0 N–H and O–H groups in total. The molecular weight excluding hydrogens is 182 g/mol. The van der Waals surface area contributed by atoms with Gasteiger partial charge in [0.1, 0.15) is 0 Å². The first kappa shape index (κ1) is 11.4. The van der Waals surface area contributed by atoms with Crippen molar-refractivity contribution >= 4 is 16.0 Å². The summed E-state index contributed by atoms with van der Waals surface area (Å²) >= 11 is 0. The monoisotopic (exact) mass is 195 g/mol. The van der Waals surface area contributed by atoms with Gasteiger partial charge in [0.25, 0.3) is 10.1 Å². The fourth-order valence-electron chi connectivity index (χ4n) is 0.490. The van der Waals surface area contributed by atoms with Gasteiger partial charge in [-0.05, 0) is 0 Å². The second kappa shape index (κ2) is 4.42. The Labute approximate surface area is 72.4 Å². The van der Waals surface area contributed by atoms with Gasteiger partial charge in [0.2, 0.25) is 5.91 Å². The second-order valence-electron chi connectivity index (χ2n) is 2.37. The maximum Gasteiger partial charge on any atom is 0.268 e. The number of hydrogen-bond donors (Lipinski definition) is 0. The molecule has 0 aliphatic heterocycles. The van der Waals surface area contributed by atoms with Gasteiger partial charge in [0.05, 0.1) is 12.9 Å². The molecular formula is C6H13NO4S. The number of carbonyl (C=O) groups is 1.